The van der Waals surface area contributed by atoms with E-state index in [-0.39, 0.29) is 10.8 Å². The first-order valence-corrected chi connectivity index (χ1v) is 8.57. The summed E-state index contributed by atoms with van der Waals surface area (Å²) in [7, 11) is -0.552. The average molecular weight is 332 g/mol. The van der Waals surface area contributed by atoms with Crippen molar-refractivity contribution in [3.63, 3.8) is 0 Å². The Morgan fingerprint density at radius 2 is 1.61 bits per heavy atom. The minimum Gasteiger partial charge on any atom is -0.322 e. The highest BCUT2D eigenvalue weighted by Crippen LogP contribution is 2.19. The molecule has 0 saturated heterocycles. The van der Waals surface area contributed by atoms with Crippen LogP contribution in [-0.2, 0) is 10.0 Å². The van der Waals surface area contributed by atoms with Gasteiger partial charge in [-0.1, -0.05) is 12.1 Å². The number of aryl methyl sites for hydroxylation is 2. The summed E-state index contributed by atoms with van der Waals surface area (Å²) in [5.41, 5.74) is 3.18. The van der Waals surface area contributed by atoms with Crippen LogP contribution in [0.3, 0.4) is 0 Å². The molecule has 2 rings (SSSR count). The van der Waals surface area contributed by atoms with Crippen molar-refractivity contribution < 1.29 is 13.2 Å². The highest BCUT2D eigenvalue weighted by atomic mass is 32.2. The van der Waals surface area contributed by atoms with Gasteiger partial charge in [0.25, 0.3) is 5.91 Å². The van der Waals surface area contributed by atoms with Gasteiger partial charge in [-0.05, 0) is 55.3 Å². The van der Waals surface area contributed by atoms with Crippen LogP contribution in [0.2, 0.25) is 0 Å². The summed E-state index contributed by atoms with van der Waals surface area (Å²) in [6.45, 7) is 3.87. The van der Waals surface area contributed by atoms with Crippen LogP contribution in [0.4, 0.5) is 5.69 Å². The Hall–Kier alpha value is -2.18. The van der Waals surface area contributed by atoms with E-state index in [1.165, 1.54) is 38.4 Å². The highest BCUT2D eigenvalue weighted by molar-refractivity contribution is 7.89. The molecule has 1 amide bonds. The maximum atomic E-state index is 12.3. The number of nitrogens with zero attached hydrogens (tertiary/aromatic N) is 1. The lowest BCUT2D eigenvalue weighted by Gasteiger charge is -2.12. The number of sulfonamides is 1. The van der Waals surface area contributed by atoms with Gasteiger partial charge in [-0.25, -0.2) is 12.7 Å². The first-order valence-electron chi connectivity index (χ1n) is 7.13. The molecule has 0 fully saturated rings. The van der Waals surface area contributed by atoms with Crippen molar-refractivity contribution >= 4 is 21.6 Å². The number of carbonyl (C=O) groups is 1. The summed E-state index contributed by atoms with van der Waals surface area (Å²) in [6, 6.07) is 11.7. The third-order valence-corrected chi connectivity index (χ3v) is 5.37. The first kappa shape index (κ1) is 17.2. The molecule has 0 aliphatic rings. The van der Waals surface area contributed by atoms with E-state index in [1.54, 1.807) is 0 Å². The number of carbonyl (C=O) groups excluding carboxylic acids is 1. The van der Waals surface area contributed by atoms with E-state index in [1.807, 2.05) is 32.0 Å². The van der Waals surface area contributed by atoms with Crippen molar-refractivity contribution in [2.75, 3.05) is 19.4 Å². The molecule has 0 atom stereocenters. The van der Waals surface area contributed by atoms with E-state index in [4.69, 9.17) is 0 Å². The van der Waals surface area contributed by atoms with Crippen LogP contribution in [0.25, 0.3) is 0 Å². The molecule has 5 nitrogen and oxygen atoms in total. The zero-order chi connectivity index (χ0) is 17.2. The first-order chi connectivity index (χ1) is 10.7. The van der Waals surface area contributed by atoms with E-state index < -0.39 is 10.0 Å². The normalized spacial score (nSPS) is 11.5. The van der Waals surface area contributed by atoms with Gasteiger partial charge >= 0.3 is 0 Å². The Morgan fingerprint density at radius 1 is 1.00 bits per heavy atom. The lowest BCUT2D eigenvalue weighted by molar-refractivity contribution is 0.102. The molecule has 0 heterocycles. The minimum atomic E-state index is -3.49. The standard InChI is InChI=1S/C17H20N2O3S/c1-12-5-6-13(2)16(11-12)18-17(20)14-7-9-15(10-8-14)23(21,22)19(3)4/h5-11H,1-4H3,(H,18,20). The molecule has 0 radical (unpaired) electrons. The van der Waals surface area contributed by atoms with Gasteiger partial charge in [-0.2, -0.15) is 0 Å². The quantitative estimate of drug-likeness (QED) is 0.936. The Labute approximate surface area is 137 Å². The molecular formula is C17H20N2O3S. The van der Waals surface area contributed by atoms with E-state index >= 15 is 0 Å². The molecule has 0 unspecified atom stereocenters. The topological polar surface area (TPSA) is 66.5 Å². The molecule has 2 aromatic carbocycles. The maximum absolute atomic E-state index is 12.3. The van der Waals surface area contributed by atoms with Gasteiger partial charge in [0, 0.05) is 25.3 Å². The monoisotopic (exact) mass is 332 g/mol. The highest BCUT2D eigenvalue weighted by Gasteiger charge is 2.17. The second-order valence-electron chi connectivity index (χ2n) is 5.58. The third-order valence-electron chi connectivity index (χ3n) is 3.54. The van der Waals surface area contributed by atoms with Gasteiger partial charge in [0.2, 0.25) is 10.0 Å². The van der Waals surface area contributed by atoms with Crippen molar-refractivity contribution in [3.8, 4) is 0 Å². The Bertz CT molecular complexity index is 825. The summed E-state index contributed by atoms with van der Waals surface area (Å²) >= 11 is 0. The number of hydrogen-bond acceptors (Lipinski definition) is 3. The smallest absolute Gasteiger partial charge is 0.255 e. The lowest BCUT2D eigenvalue weighted by Crippen LogP contribution is -2.22. The molecule has 0 bridgehead atoms. The predicted molar refractivity (Wildman–Crippen MR) is 91.2 cm³/mol. The zero-order valence-corrected chi connectivity index (χ0v) is 14.4. The summed E-state index contributed by atoms with van der Waals surface area (Å²) in [6.07, 6.45) is 0. The van der Waals surface area contributed by atoms with Crippen LogP contribution in [0.1, 0.15) is 21.5 Å². The Morgan fingerprint density at radius 3 is 2.17 bits per heavy atom. The maximum Gasteiger partial charge on any atom is 0.255 e. The van der Waals surface area contributed by atoms with Crippen molar-refractivity contribution in [1.29, 1.82) is 0 Å². The van der Waals surface area contributed by atoms with Crippen LogP contribution < -0.4 is 5.32 Å². The van der Waals surface area contributed by atoms with E-state index in [0.717, 1.165) is 21.1 Å². The summed E-state index contributed by atoms with van der Waals surface area (Å²) in [5.74, 6) is -0.271. The number of benzene rings is 2. The van der Waals surface area contributed by atoms with Crippen molar-refractivity contribution in [1.82, 2.24) is 4.31 Å². The fourth-order valence-electron chi connectivity index (χ4n) is 2.05. The number of amides is 1. The summed E-state index contributed by atoms with van der Waals surface area (Å²) < 4.78 is 25.2. The van der Waals surface area contributed by atoms with Crippen LogP contribution in [0.15, 0.2) is 47.4 Å². The zero-order valence-electron chi connectivity index (χ0n) is 13.6. The molecule has 2 aromatic rings. The van der Waals surface area contributed by atoms with Crippen LogP contribution >= 0.6 is 0 Å². The molecule has 23 heavy (non-hydrogen) atoms. The Kier molecular flexibility index (Phi) is 4.87. The van der Waals surface area contributed by atoms with Crippen molar-refractivity contribution in [2.45, 2.75) is 18.7 Å². The molecule has 122 valence electrons. The minimum absolute atomic E-state index is 0.158. The van der Waals surface area contributed by atoms with Gasteiger partial charge in [0.1, 0.15) is 0 Å². The molecule has 1 N–H and O–H groups in total. The van der Waals surface area contributed by atoms with Gasteiger partial charge in [0.15, 0.2) is 0 Å². The fraction of sp³-hybridized carbons (Fsp3) is 0.235. The predicted octanol–water partition coefficient (Wildman–Crippen LogP) is 2.81. The fourth-order valence-corrected chi connectivity index (χ4v) is 2.96. The van der Waals surface area contributed by atoms with E-state index in [2.05, 4.69) is 5.32 Å². The lowest BCUT2D eigenvalue weighted by atomic mass is 10.1. The van der Waals surface area contributed by atoms with Gasteiger partial charge in [0.05, 0.1) is 4.90 Å². The molecular weight excluding hydrogens is 312 g/mol. The van der Waals surface area contributed by atoms with Gasteiger partial charge < -0.3 is 5.32 Å². The number of anilines is 1. The van der Waals surface area contributed by atoms with Crippen LogP contribution in [0, 0.1) is 13.8 Å². The third kappa shape index (κ3) is 3.78. The second-order valence-corrected chi connectivity index (χ2v) is 7.74. The van der Waals surface area contributed by atoms with Gasteiger partial charge in [-0.3, -0.25) is 4.79 Å². The molecule has 0 aliphatic carbocycles. The number of hydrogen-bond donors (Lipinski definition) is 1. The Balaban J connectivity index is 2.23. The molecule has 0 aromatic heterocycles. The molecule has 0 spiro atoms. The average Bonchev–Trinajstić information content (AvgIpc) is 2.50. The van der Waals surface area contributed by atoms with E-state index in [0.29, 0.717) is 5.56 Å². The molecule has 0 saturated carbocycles. The van der Waals surface area contributed by atoms with Gasteiger partial charge in [-0.15, -0.1) is 0 Å². The van der Waals surface area contributed by atoms with E-state index in [9.17, 15) is 13.2 Å². The molecule has 6 heteroatoms. The summed E-state index contributed by atoms with van der Waals surface area (Å²) in [5, 5.41) is 2.85. The van der Waals surface area contributed by atoms with Crippen LogP contribution in [-0.4, -0.2) is 32.7 Å². The largest absolute Gasteiger partial charge is 0.322 e. The second kappa shape index (κ2) is 6.52. The SMILES string of the molecule is Cc1ccc(C)c(NC(=O)c2ccc(S(=O)(=O)N(C)C)cc2)c1. The van der Waals surface area contributed by atoms with Crippen molar-refractivity contribution in [3.05, 3.63) is 59.2 Å². The molecule has 0 aliphatic heterocycles. The number of nitrogens with one attached hydrogen (secondary N) is 1. The van der Waals surface area contributed by atoms with Crippen LogP contribution in [0.5, 0.6) is 0 Å². The van der Waals surface area contributed by atoms with Crippen molar-refractivity contribution in [2.24, 2.45) is 0 Å². The summed E-state index contributed by atoms with van der Waals surface area (Å²) in [4.78, 5) is 12.5. The number of rotatable bonds is 4.